The van der Waals surface area contributed by atoms with Gasteiger partial charge in [0, 0.05) is 12.6 Å². The highest BCUT2D eigenvalue weighted by molar-refractivity contribution is 5.06. The van der Waals surface area contributed by atoms with E-state index < -0.39 is 0 Å². The van der Waals surface area contributed by atoms with Crippen molar-refractivity contribution in [1.82, 2.24) is 4.98 Å². The van der Waals surface area contributed by atoms with Crippen molar-refractivity contribution in [3.63, 3.8) is 0 Å². The molecule has 1 saturated heterocycles. The predicted molar refractivity (Wildman–Crippen MR) is 52.2 cm³/mol. The molecule has 70 valence electrons. The van der Waals surface area contributed by atoms with Gasteiger partial charge < -0.3 is 5.32 Å². The van der Waals surface area contributed by atoms with Gasteiger partial charge in [-0.05, 0) is 31.4 Å². The van der Waals surface area contributed by atoms with Gasteiger partial charge in [0.15, 0.2) is 0 Å². The number of pyridine rings is 1. The van der Waals surface area contributed by atoms with Crippen molar-refractivity contribution in [2.24, 2.45) is 0 Å². The molecule has 1 atom stereocenters. The lowest BCUT2D eigenvalue weighted by molar-refractivity contribution is -0.695. The zero-order valence-electron chi connectivity index (χ0n) is 7.95. The molecule has 1 aromatic heterocycles. The lowest BCUT2D eigenvalue weighted by Crippen LogP contribution is -2.84. The molecular weight excluding hydrogens is 160 g/mol. The van der Waals surface area contributed by atoms with Crippen LogP contribution in [0.3, 0.4) is 0 Å². The SMILES string of the molecule is c1ccc([C@H]2CCCCC[NH2+]2)nc1. The zero-order valence-corrected chi connectivity index (χ0v) is 7.95. The van der Waals surface area contributed by atoms with E-state index in [-0.39, 0.29) is 0 Å². The van der Waals surface area contributed by atoms with Crippen molar-refractivity contribution >= 4 is 0 Å². The molecule has 2 heteroatoms. The Bertz CT molecular complexity index is 238. The fraction of sp³-hybridized carbons (Fsp3) is 0.545. The second-order valence-electron chi connectivity index (χ2n) is 3.73. The third-order valence-corrected chi connectivity index (χ3v) is 2.74. The summed E-state index contributed by atoms with van der Waals surface area (Å²) in [4.78, 5) is 4.41. The lowest BCUT2D eigenvalue weighted by Gasteiger charge is -2.10. The van der Waals surface area contributed by atoms with Crippen LogP contribution in [0.5, 0.6) is 0 Å². The summed E-state index contributed by atoms with van der Waals surface area (Å²) in [7, 11) is 0. The van der Waals surface area contributed by atoms with Crippen LogP contribution < -0.4 is 5.32 Å². The van der Waals surface area contributed by atoms with Gasteiger partial charge in [0.2, 0.25) is 0 Å². The molecule has 1 aromatic rings. The van der Waals surface area contributed by atoms with Crippen molar-refractivity contribution in [1.29, 1.82) is 0 Å². The molecule has 0 aliphatic carbocycles. The fourth-order valence-electron chi connectivity index (χ4n) is 1.99. The van der Waals surface area contributed by atoms with Crippen molar-refractivity contribution in [2.45, 2.75) is 31.7 Å². The van der Waals surface area contributed by atoms with E-state index in [1.54, 1.807) is 0 Å². The molecule has 2 rings (SSSR count). The zero-order chi connectivity index (χ0) is 8.93. The first-order chi connectivity index (χ1) is 6.47. The third-order valence-electron chi connectivity index (χ3n) is 2.74. The van der Waals surface area contributed by atoms with E-state index in [0.29, 0.717) is 6.04 Å². The van der Waals surface area contributed by atoms with Gasteiger partial charge >= 0.3 is 0 Å². The summed E-state index contributed by atoms with van der Waals surface area (Å²) in [6.07, 6.45) is 7.30. The smallest absolute Gasteiger partial charge is 0.129 e. The van der Waals surface area contributed by atoms with Gasteiger partial charge in [-0.15, -0.1) is 0 Å². The van der Waals surface area contributed by atoms with Crippen LogP contribution in [0.1, 0.15) is 37.4 Å². The first kappa shape index (κ1) is 8.70. The van der Waals surface area contributed by atoms with Gasteiger partial charge in [-0.2, -0.15) is 0 Å². The van der Waals surface area contributed by atoms with Crippen LogP contribution in [0.2, 0.25) is 0 Å². The number of hydrogen-bond acceptors (Lipinski definition) is 1. The maximum Gasteiger partial charge on any atom is 0.129 e. The van der Waals surface area contributed by atoms with E-state index in [4.69, 9.17) is 0 Å². The average molecular weight is 177 g/mol. The topological polar surface area (TPSA) is 29.5 Å². The molecule has 1 fully saturated rings. The van der Waals surface area contributed by atoms with Crippen LogP contribution in [-0.2, 0) is 0 Å². The minimum atomic E-state index is 0.615. The van der Waals surface area contributed by atoms with Crippen LogP contribution in [0.15, 0.2) is 24.4 Å². The summed E-state index contributed by atoms with van der Waals surface area (Å²) in [6, 6.07) is 6.83. The Morgan fingerprint density at radius 1 is 1.23 bits per heavy atom. The second kappa shape index (κ2) is 4.38. The lowest BCUT2D eigenvalue weighted by atomic mass is 10.1. The maximum atomic E-state index is 4.41. The summed E-state index contributed by atoms with van der Waals surface area (Å²) < 4.78 is 0. The normalized spacial score (nSPS) is 23.8. The highest BCUT2D eigenvalue weighted by atomic mass is 14.9. The molecule has 13 heavy (non-hydrogen) atoms. The van der Waals surface area contributed by atoms with Gasteiger partial charge in [0.05, 0.1) is 12.2 Å². The number of quaternary nitrogens is 1. The van der Waals surface area contributed by atoms with Crippen molar-refractivity contribution < 1.29 is 5.32 Å². The summed E-state index contributed by atoms with van der Waals surface area (Å²) in [5.41, 5.74) is 1.25. The highest BCUT2D eigenvalue weighted by Crippen LogP contribution is 2.15. The Kier molecular flexibility index (Phi) is 2.93. The molecule has 0 bridgehead atoms. The fourth-order valence-corrected chi connectivity index (χ4v) is 1.99. The van der Waals surface area contributed by atoms with Crippen LogP contribution in [0.25, 0.3) is 0 Å². The molecule has 1 aliphatic heterocycles. The second-order valence-corrected chi connectivity index (χ2v) is 3.73. The summed E-state index contributed by atoms with van der Waals surface area (Å²) in [5.74, 6) is 0. The quantitative estimate of drug-likeness (QED) is 0.687. The van der Waals surface area contributed by atoms with Crippen LogP contribution in [-0.4, -0.2) is 11.5 Å². The molecule has 2 nitrogen and oxygen atoms in total. The first-order valence-corrected chi connectivity index (χ1v) is 5.21. The Balaban J connectivity index is 2.06. The van der Waals surface area contributed by atoms with Crippen LogP contribution >= 0.6 is 0 Å². The number of hydrogen-bond donors (Lipinski definition) is 1. The molecule has 0 unspecified atom stereocenters. The van der Waals surface area contributed by atoms with Gasteiger partial charge in [0.1, 0.15) is 6.04 Å². The molecule has 0 saturated carbocycles. The standard InChI is InChI=1S/C11H16N2/c1-2-6-10(12-8-4-1)11-7-3-5-9-13-11/h3,5,7,9-10,12H,1-2,4,6,8H2/p+1/t10-/m1/s1. The molecule has 2 heterocycles. The monoisotopic (exact) mass is 177 g/mol. The van der Waals surface area contributed by atoms with Crippen molar-refractivity contribution in [3.05, 3.63) is 30.1 Å². The van der Waals surface area contributed by atoms with Gasteiger partial charge in [0.25, 0.3) is 0 Å². The Morgan fingerprint density at radius 3 is 3.08 bits per heavy atom. The van der Waals surface area contributed by atoms with Gasteiger partial charge in [-0.3, -0.25) is 4.98 Å². The van der Waals surface area contributed by atoms with E-state index >= 15 is 0 Å². The molecule has 0 aromatic carbocycles. The summed E-state index contributed by atoms with van der Waals surface area (Å²) in [6.45, 7) is 1.27. The van der Waals surface area contributed by atoms with Crippen LogP contribution in [0.4, 0.5) is 0 Å². The average Bonchev–Trinajstić information content (AvgIpc) is 2.47. The van der Waals surface area contributed by atoms with E-state index in [9.17, 15) is 0 Å². The molecule has 2 N–H and O–H groups in total. The molecular formula is C11H17N2+. The maximum absolute atomic E-state index is 4.41. The first-order valence-electron chi connectivity index (χ1n) is 5.21. The predicted octanol–water partition coefficient (Wildman–Crippen LogP) is 1.26. The van der Waals surface area contributed by atoms with Gasteiger partial charge in [-0.1, -0.05) is 6.07 Å². The highest BCUT2D eigenvalue weighted by Gasteiger charge is 2.17. The molecule has 0 spiro atoms. The number of nitrogens with zero attached hydrogens (tertiary/aromatic N) is 1. The van der Waals surface area contributed by atoms with E-state index in [1.165, 1.54) is 37.9 Å². The number of rotatable bonds is 1. The van der Waals surface area contributed by atoms with Gasteiger partial charge in [-0.25, -0.2) is 0 Å². The molecule has 1 aliphatic rings. The van der Waals surface area contributed by atoms with E-state index in [0.717, 1.165) is 0 Å². The molecule has 0 radical (unpaired) electrons. The van der Waals surface area contributed by atoms with E-state index in [1.807, 2.05) is 12.3 Å². The molecule has 0 amide bonds. The van der Waals surface area contributed by atoms with E-state index in [2.05, 4.69) is 22.4 Å². The van der Waals surface area contributed by atoms with Crippen LogP contribution in [0, 0.1) is 0 Å². The summed E-state index contributed by atoms with van der Waals surface area (Å²) in [5, 5.41) is 2.44. The minimum absolute atomic E-state index is 0.615. The Labute approximate surface area is 79.4 Å². The van der Waals surface area contributed by atoms with Crippen molar-refractivity contribution in [3.8, 4) is 0 Å². The summed E-state index contributed by atoms with van der Waals surface area (Å²) >= 11 is 0. The largest absolute Gasteiger partial charge is 0.339 e. The third kappa shape index (κ3) is 2.28. The van der Waals surface area contributed by atoms with Crippen molar-refractivity contribution in [2.75, 3.05) is 6.54 Å². The Morgan fingerprint density at radius 2 is 2.23 bits per heavy atom. The number of nitrogens with two attached hydrogens (primary N) is 1. The Hall–Kier alpha value is -0.890. The number of aromatic nitrogens is 1. The minimum Gasteiger partial charge on any atom is -0.339 e.